The summed E-state index contributed by atoms with van der Waals surface area (Å²) in [5, 5.41) is 2.99. The number of rotatable bonds is 7. The molecule has 26 heavy (non-hydrogen) atoms. The number of nitrogens with zero attached hydrogens (tertiary/aromatic N) is 2. The van der Waals surface area contributed by atoms with Gasteiger partial charge in [-0.15, -0.1) is 0 Å². The Morgan fingerprint density at radius 1 is 1.38 bits per heavy atom. The third-order valence-electron chi connectivity index (χ3n) is 4.66. The van der Waals surface area contributed by atoms with E-state index in [9.17, 15) is 13.2 Å². The second kappa shape index (κ2) is 8.94. The fourth-order valence-corrected chi connectivity index (χ4v) is 4.19. The van der Waals surface area contributed by atoms with Crippen LogP contribution in [0.2, 0.25) is 0 Å². The van der Waals surface area contributed by atoms with Crippen LogP contribution in [0.4, 0.5) is 0 Å². The van der Waals surface area contributed by atoms with Gasteiger partial charge in [0.15, 0.2) is 0 Å². The lowest BCUT2D eigenvalue weighted by molar-refractivity contribution is -0.0258. The Morgan fingerprint density at radius 2 is 2.04 bits per heavy atom. The van der Waals surface area contributed by atoms with Gasteiger partial charge in [0.25, 0.3) is 15.9 Å². The molecule has 1 aromatic rings. The van der Waals surface area contributed by atoms with Crippen molar-refractivity contribution in [1.29, 1.82) is 0 Å². The van der Waals surface area contributed by atoms with Crippen molar-refractivity contribution in [2.45, 2.75) is 37.6 Å². The molecule has 1 heterocycles. The summed E-state index contributed by atoms with van der Waals surface area (Å²) in [5.41, 5.74) is 0.433. The van der Waals surface area contributed by atoms with E-state index in [-0.39, 0.29) is 16.8 Å². The van der Waals surface area contributed by atoms with Crippen molar-refractivity contribution in [3.63, 3.8) is 0 Å². The molecular weight excluding hydrogens is 354 g/mol. The molecule has 0 radical (unpaired) electrons. The molecule has 2 atom stereocenters. The van der Waals surface area contributed by atoms with E-state index >= 15 is 0 Å². The van der Waals surface area contributed by atoms with Gasteiger partial charge in [0, 0.05) is 31.7 Å². The molecule has 8 heteroatoms. The Labute approximate surface area is 156 Å². The summed E-state index contributed by atoms with van der Waals surface area (Å²) in [6.45, 7) is 7.21. The van der Waals surface area contributed by atoms with Gasteiger partial charge >= 0.3 is 0 Å². The molecule has 146 valence electrons. The second-order valence-electron chi connectivity index (χ2n) is 7.00. The van der Waals surface area contributed by atoms with Crippen LogP contribution in [-0.4, -0.2) is 63.5 Å². The summed E-state index contributed by atoms with van der Waals surface area (Å²) in [4.78, 5) is 19.6. The van der Waals surface area contributed by atoms with E-state index in [0.717, 1.165) is 24.1 Å². The molecule has 1 fully saturated rings. The standard InChI is InChI=1S/C18H29N3O4S/c1-14-6-5-11-21(12-14)13-15(2)19-18(22)16-7-9-17(10-8-16)26(23,24)20(3)25-4/h7-10,14-15H,5-6,11-13H2,1-4H3,(H,19,22). The first-order chi connectivity index (χ1) is 12.2. The Morgan fingerprint density at radius 3 is 2.62 bits per heavy atom. The fourth-order valence-electron chi connectivity index (χ4n) is 3.22. The zero-order valence-corrected chi connectivity index (χ0v) is 16.8. The highest BCUT2D eigenvalue weighted by Crippen LogP contribution is 2.17. The van der Waals surface area contributed by atoms with Gasteiger partial charge in [-0.3, -0.25) is 9.63 Å². The van der Waals surface area contributed by atoms with Gasteiger partial charge in [-0.25, -0.2) is 8.42 Å². The molecule has 0 saturated carbocycles. The third kappa shape index (κ3) is 5.26. The number of hydroxylamine groups is 1. The molecule has 1 aliphatic rings. The molecule has 1 saturated heterocycles. The Balaban J connectivity index is 1.95. The number of piperidine rings is 1. The monoisotopic (exact) mass is 383 g/mol. The first-order valence-corrected chi connectivity index (χ1v) is 10.3. The van der Waals surface area contributed by atoms with Crippen LogP contribution < -0.4 is 5.32 Å². The second-order valence-corrected chi connectivity index (χ2v) is 8.94. The number of carbonyl (C=O) groups is 1. The summed E-state index contributed by atoms with van der Waals surface area (Å²) in [7, 11) is -1.11. The molecule has 2 unspecified atom stereocenters. The molecule has 0 spiro atoms. The van der Waals surface area contributed by atoms with Crippen molar-refractivity contribution in [3.8, 4) is 0 Å². The zero-order chi connectivity index (χ0) is 19.3. The predicted octanol–water partition coefficient (Wildman–Crippen LogP) is 1.72. The van der Waals surface area contributed by atoms with Crippen molar-refractivity contribution >= 4 is 15.9 Å². The molecule has 1 amide bonds. The molecule has 1 N–H and O–H groups in total. The highest BCUT2D eigenvalue weighted by Gasteiger charge is 2.22. The van der Waals surface area contributed by atoms with Gasteiger partial charge in [0.1, 0.15) is 0 Å². The highest BCUT2D eigenvalue weighted by molar-refractivity contribution is 7.89. The van der Waals surface area contributed by atoms with Crippen molar-refractivity contribution in [3.05, 3.63) is 29.8 Å². The van der Waals surface area contributed by atoms with Crippen LogP contribution in [0.5, 0.6) is 0 Å². The van der Waals surface area contributed by atoms with Gasteiger partial charge in [-0.05, 0) is 56.5 Å². The van der Waals surface area contributed by atoms with E-state index < -0.39 is 10.0 Å². The van der Waals surface area contributed by atoms with Gasteiger partial charge in [0.2, 0.25) is 0 Å². The van der Waals surface area contributed by atoms with Crippen LogP contribution in [-0.2, 0) is 14.9 Å². The Bertz CT molecular complexity index is 706. The van der Waals surface area contributed by atoms with E-state index in [1.807, 2.05) is 6.92 Å². The molecule has 1 aliphatic heterocycles. The van der Waals surface area contributed by atoms with Crippen molar-refractivity contribution in [1.82, 2.24) is 14.7 Å². The number of hydrogen-bond donors (Lipinski definition) is 1. The molecule has 0 aliphatic carbocycles. The predicted molar refractivity (Wildman–Crippen MR) is 100 cm³/mol. The minimum atomic E-state index is -3.71. The minimum Gasteiger partial charge on any atom is -0.348 e. The van der Waals surface area contributed by atoms with Crippen molar-refractivity contribution in [2.75, 3.05) is 33.8 Å². The lowest BCUT2D eigenvalue weighted by Crippen LogP contribution is -2.45. The van der Waals surface area contributed by atoms with Crippen LogP contribution in [0.25, 0.3) is 0 Å². The number of sulfonamides is 1. The molecule has 0 bridgehead atoms. The third-order valence-corrected chi connectivity index (χ3v) is 6.35. The number of nitrogens with one attached hydrogen (secondary N) is 1. The average molecular weight is 384 g/mol. The van der Waals surface area contributed by atoms with Crippen LogP contribution in [0, 0.1) is 5.92 Å². The number of hydrogen-bond acceptors (Lipinski definition) is 5. The van der Waals surface area contributed by atoms with Crippen molar-refractivity contribution < 1.29 is 18.0 Å². The topological polar surface area (TPSA) is 78.9 Å². The molecular formula is C18H29N3O4S. The van der Waals surface area contributed by atoms with Crippen LogP contribution in [0.1, 0.15) is 37.0 Å². The van der Waals surface area contributed by atoms with E-state index in [1.165, 1.54) is 51.3 Å². The van der Waals surface area contributed by atoms with Gasteiger partial charge in [-0.1, -0.05) is 11.4 Å². The normalized spacial score (nSPS) is 20.1. The smallest absolute Gasteiger partial charge is 0.264 e. The van der Waals surface area contributed by atoms with E-state index in [2.05, 4.69) is 17.1 Å². The molecule has 7 nitrogen and oxygen atoms in total. The molecule has 2 rings (SSSR count). The van der Waals surface area contributed by atoms with Crippen LogP contribution in [0.3, 0.4) is 0 Å². The quantitative estimate of drug-likeness (QED) is 0.726. The lowest BCUT2D eigenvalue weighted by Gasteiger charge is -2.32. The summed E-state index contributed by atoms with van der Waals surface area (Å²) in [6.07, 6.45) is 2.47. The summed E-state index contributed by atoms with van der Waals surface area (Å²) in [5.74, 6) is 0.498. The summed E-state index contributed by atoms with van der Waals surface area (Å²) >= 11 is 0. The lowest BCUT2D eigenvalue weighted by atomic mass is 10.00. The van der Waals surface area contributed by atoms with Gasteiger partial charge < -0.3 is 10.2 Å². The van der Waals surface area contributed by atoms with Crippen molar-refractivity contribution in [2.24, 2.45) is 5.92 Å². The fraction of sp³-hybridized carbons (Fsp3) is 0.611. The molecule has 1 aromatic carbocycles. The first kappa shape index (κ1) is 20.8. The maximum Gasteiger partial charge on any atom is 0.264 e. The minimum absolute atomic E-state index is 0.0239. The average Bonchev–Trinajstić information content (AvgIpc) is 2.60. The Kier molecular flexibility index (Phi) is 7.16. The zero-order valence-electron chi connectivity index (χ0n) is 15.9. The van der Waals surface area contributed by atoms with E-state index in [4.69, 9.17) is 4.84 Å². The summed E-state index contributed by atoms with van der Waals surface area (Å²) in [6, 6.07) is 5.88. The number of benzene rings is 1. The van der Waals surface area contributed by atoms with Crippen LogP contribution >= 0.6 is 0 Å². The summed E-state index contributed by atoms with van der Waals surface area (Å²) < 4.78 is 25.1. The first-order valence-electron chi connectivity index (χ1n) is 8.90. The SMILES string of the molecule is CON(C)S(=O)(=O)c1ccc(C(=O)NC(C)CN2CCCC(C)C2)cc1. The number of carbonyl (C=O) groups excluding carboxylic acids is 1. The maximum absolute atomic E-state index is 12.4. The van der Waals surface area contributed by atoms with Gasteiger partial charge in [-0.2, -0.15) is 0 Å². The Hall–Kier alpha value is -1.48. The van der Waals surface area contributed by atoms with E-state index in [0.29, 0.717) is 11.5 Å². The number of likely N-dealkylation sites (tertiary alicyclic amines) is 1. The highest BCUT2D eigenvalue weighted by atomic mass is 32.2. The largest absolute Gasteiger partial charge is 0.348 e. The maximum atomic E-state index is 12.4. The van der Waals surface area contributed by atoms with Crippen LogP contribution in [0.15, 0.2) is 29.2 Å². The molecule has 0 aromatic heterocycles. The number of amides is 1. The van der Waals surface area contributed by atoms with Gasteiger partial charge in [0.05, 0.1) is 12.0 Å². The van der Waals surface area contributed by atoms with E-state index in [1.54, 1.807) is 0 Å².